The summed E-state index contributed by atoms with van der Waals surface area (Å²) in [7, 11) is 1.53. The zero-order valence-corrected chi connectivity index (χ0v) is 12.6. The third kappa shape index (κ3) is 2.99. The highest BCUT2D eigenvalue weighted by Gasteiger charge is 2.15. The molecule has 0 aromatic heterocycles. The molecule has 2 rings (SSSR count). The fraction of sp³-hybridized carbons (Fsp3) is 0.235. The summed E-state index contributed by atoms with van der Waals surface area (Å²) in [6.45, 7) is 4.04. The van der Waals surface area contributed by atoms with E-state index in [1.807, 2.05) is 25.1 Å². The summed E-state index contributed by atoms with van der Waals surface area (Å²) >= 11 is 0. The lowest BCUT2D eigenvalue weighted by atomic mass is 10.0. The van der Waals surface area contributed by atoms with E-state index in [0.29, 0.717) is 17.0 Å². The summed E-state index contributed by atoms with van der Waals surface area (Å²) in [6, 6.07) is 11.2. The summed E-state index contributed by atoms with van der Waals surface area (Å²) in [5.74, 6) is 0.276. The van der Waals surface area contributed by atoms with Gasteiger partial charge < -0.3 is 15.8 Å². The van der Waals surface area contributed by atoms with Crippen molar-refractivity contribution in [3.05, 3.63) is 53.1 Å². The number of benzene rings is 2. The minimum atomic E-state index is -0.226. The molecule has 2 aromatic carbocycles. The molecule has 0 unspecified atom stereocenters. The first-order valence-corrected chi connectivity index (χ1v) is 6.90. The normalized spacial score (nSPS) is 10.2. The van der Waals surface area contributed by atoms with Crippen molar-refractivity contribution in [2.45, 2.75) is 20.3 Å². The molecule has 0 bridgehead atoms. The van der Waals surface area contributed by atoms with Crippen LogP contribution in [0.25, 0.3) is 0 Å². The Morgan fingerprint density at radius 1 is 1.24 bits per heavy atom. The van der Waals surface area contributed by atoms with E-state index < -0.39 is 0 Å². The minimum absolute atomic E-state index is 0.226. The maximum atomic E-state index is 12.5. The second-order valence-corrected chi connectivity index (χ2v) is 4.84. The number of hydrogen-bond acceptors (Lipinski definition) is 3. The fourth-order valence-corrected chi connectivity index (χ4v) is 2.30. The Kier molecular flexibility index (Phi) is 4.48. The summed E-state index contributed by atoms with van der Waals surface area (Å²) in [6.07, 6.45) is 0.852. The standard InChI is InChI=1S/C17H20N2O2/c1-4-12-8-5-7-11(2)16(12)19-17(20)13-9-6-10-14(21-3)15(13)18/h5-10H,4,18H2,1-3H3,(H,19,20). The van der Waals surface area contributed by atoms with Gasteiger partial charge in [-0.3, -0.25) is 4.79 Å². The summed E-state index contributed by atoms with van der Waals surface area (Å²) < 4.78 is 5.15. The zero-order chi connectivity index (χ0) is 15.4. The van der Waals surface area contributed by atoms with E-state index in [9.17, 15) is 4.79 Å². The van der Waals surface area contributed by atoms with Gasteiger partial charge in [0.1, 0.15) is 5.75 Å². The number of ether oxygens (including phenoxy) is 1. The molecular weight excluding hydrogens is 264 g/mol. The highest BCUT2D eigenvalue weighted by molar-refractivity contribution is 6.09. The van der Waals surface area contributed by atoms with Crippen LogP contribution in [0, 0.1) is 6.92 Å². The van der Waals surface area contributed by atoms with Crippen LogP contribution >= 0.6 is 0 Å². The number of carbonyl (C=O) groups is 1. The minimum Gasteiger partial charge on any atom is -0.495 e. The largest absolute Gasteiger partial charge is 0.495 e. The number of nitrogens with one attached hydrogen (secondary N) is 1. The van der Waals surface area contributed by atoms with Gasteiger partial charge in [0.25, 0.3) is 5.91 Å². The highest BCUT2D eigenvalue weighted by atomic mass is 16.5. The molecule has 3 N–H and O–H groups in total. The van der Waals surface area contributed by atoms with E-state index in [-0.39, 0.29) is 5.91 Å². The number of rotatable bonds is 4. The molecular formula is C17H20N2O2. The van der Waals surface area contributed by atoms with Crippen LogP contribution in [0.15, 0.2) is 36.4 Å². The van der Waals surface area contributed by atoms with Gasteiger partial charge in [-0.05, 0) is 36.6 Å². The molecule has 0 aliphatic heterocycles. The van der Waals surface area contributed by atoms with Crippen LogP contribution in [0.2, 0.25) is 0 Å². The van der Waals surface area contributed by atoms with Crippen LogP contribution in [-0.2, 0) is 6.42 Å². The second kappa shape index (κ2) is 6.31. The first-order chi connectivity index (χ1) is 10.1. The molecule has 0 aliphatic rings. The smallest absolute Gasteiger partial charge is 0.257 e. The predicted octanol–water partition coefficient (Wildman–Crippen LogP) is 3.40. The van der Waals surface area contributed by atoms with E-state index in [1.165, 1.54) is 7.11 Å². The van der Waals surface area contributed by atoms with Gasteiger partial charge >= 0.3 is 0 Å². The van der Waals surface area contributed by atoms with Gasteiger partial charge in [-0.1, -0.05) is 31.2 Å². The first-order valence-electron chi connectivity index (χ1n) is 6.90. The average molecular weight is 284 g/mol. The molecule has 0 atom stereocenters. The van der Waals surface area contributed by atoms with Crippen LogP contribution < -0.4 is 15.8 Å². The Labute approximate surface area is 124 Å². The predicted molar refractivity (Wildman–Crippen MR) is 85.9 cm³/mol. The van der Waals surface area contributed by atoms with Gasteiger partial charge in [-0.25, -0.2) is 0 Å². The molecule has 110 valence electrons. The van der Waals surface area contributed by atoms with Crippen LogP contribution in [0.1, 0.15) is 28.4 Å². The molecule has 21 heavy (non-hydrogen) atoms. The van der Waals surface area contributed by atoms with Crippen LogP contribution in [0.3, 0.4) is 0 Å². The van der Waals surface area contributed by atoms with Crippen molar-refractivity contribution >= 4 is 17.3 Å². The van der Waals surface area contributed by atoms with Crippen molar-refractivity contribution in [3.8, 4) is 5.75 Å². The number of nitrogens with two attached hydrogens (primary N) is 1. The van der Waals surface area contributed by atoms with Crippen molar-refractivity contribution in [2.75, 3.05) is 18.2 Å². The lowest BCUT2D eigenvalue weighted by Gasteiger charge is -2.14. The Bertz CT molecular complexity index is 666. The van der Waals surface area contributed by atoms with Gasteiger partial charge in [0.2, 0.25) is 0 Å². The van der Waals surface area contributed by atoms with Gasteiger partial charge in [-0.15, -0.1) is 0 Å². The Balaban J connectivity index is 2.35. The van der Waals surface area contributed by atoms with Crippen LogP contribution in [0.5, 0.6) is 5.75 Å². The Morgan fingerprint density at radius 3 is 2.62 bits per heavy atom. The number of aryl methyl sites for hydroxylation is 2. The molecule has 0 radical (unpaired) electrons. The molecule has 1 amide bonds. The summed E-state index contributed by atoms with van der Waals surface area (Å²) in [5.41, 5.74) is 9.73. The van der Waals surface area contributed by atoms with Crippen molar-refractivity contribution in [1.29, 1.82) is 0 Å². The van der Waals surface area contributed by atoms with Gasteiger partial charge in [-0.2, -0.15) is 0 Å². The molecule has 2 aromatic rings. The zero-order valence-electron chi connectivity index (χ0n) is 12.6. The van der Waals surface area contributed by atoms with Gasteiger partial charge in [0.05, 0.1) is 18.4 Å². The number of hydrogen-bond donors (Lipinski definition) is 2. The summed E-state index contributed by atoms with van der Waals surface area (Å²) in [5, 5.41) is 2.96. The van der Waals surface area contributed by atoms with Crippen molar-refractivity contribution in [1.82, 2.24) is 0 Å². The average Bonchev–Trinajstić information content (AvgIpc) is 2.49. The number of amides is 1. The van der Waals surface area contributed by atoms with Gasteiger partial charge in [0, 0.05) is 5.69 Å². The van der Waals surface area contributed by atoms with Crippen LogP contribution in [0.4, 0.5) is 11.4 Å². The molecule has 0 fully saturated rings. The Morgan fingerprint density at radius 2 is 1.95 bits per heavy atom. The van der Waals surface area contributed by atoms with E-state index >= 15 is 0 Å². The SMILES string of the molecule is CCc1cccc(C)c1NC(=O)c1cccc(OC)c1N. The van der Waals surface area contributed by atoms with Crippen molar-refractivity contribution < 1.29 is 9.53 Å². The number of anilines is 2. The molecule has 0 saturated heterocycles. The van der Waals surface area contributed by atoms with E-state index in [1.54, 1.807) is 18.2 Å². The molecule has 4 nitrogen and oxygen atoms in total. The number of nitrogen functional groups attached to an aromatic ring is 1. The first kappa shape index (κ1) is 14.9. The third-order valence-electron chi connectivity index (χ3n) is 3.51. The molecule has 0 aliphatic carbocycles. The van der Waals surface area contributed by atoms with Crippen LogP contribution in [-0.4, -0.2) is 13.0 Å². The van der Waals surface area contributed by atoms with E-state index in [4.69, 9.17) is 10.5 Å². The highest BCUT2D eigenvalue weighted by Crippen LogP contribution is 2.27. The lowest BCUT2D eigenvalue weighted by Crippen LogP contribution is -2.16. The van der Waals surface area contributed by atoms with E-state index in [0.717, 1.165) is 23.2 Å². The van der Waals surface area contributed by atoms with Gasteiger partial charge in [0.15, 0.2) is 0 Å². The third-order valence-corrected chi connectivity index (χ3v) is 3.51. The summed E-state index contributed by atoms with van der Waals surface area (Å²) in [4.78, 5) is 12.5. The molecule has 0 spiro atoms. The Hall–Kier alpha value is -2.49. The lowest BCUT2D eigenvalue weighted by molar-refractivity contribution is 0.102. The topological polar surface area (TPSA) is 64.3 Å². The maximum Gasteiger partial charge on any atom is 0.257 e. The molecule has 0 saturated carbocycles. The van der Waals surface area contributed by atoms with E-state index in [2.05, 4.69) is 12.2 Å². The second-order valence-electron chi connectivity index (χ2n) is 4.84. The van der Waals surface area contributed by atoms with Crippen molar-refractivity contribution in [2.24, 2.45) is 0 Å². The monoisotopic (exact) mass is 284 g/mol. The fourth-order valence-electron chi connectivity index (χ4n) is 2.30. The maximum absolute atomic E-state index is 12.5. The number of carbonyl (C=O) groups excluding carboxylic acids is 1. The number of methoxy groups -OCH3 is 1. The quantitative estimate of drug-likeness (QED) is 0.846. The molecule has 0 heterocycles. The van der Waals surface area contributed by atoms with Crippen molar-refractivity contribution in [3.63, 3.8) is 0 Å². The number of para-hydroxylation sites is 2. The molecule has 4 heteroatoms.